The molecule has 82 valence electrons. The molecule has 1 aliphatic rings. The Morgan fingerprint density at radius 2 is 2.53 bits per heavy atom. The third-order valence-electron chi connectivity index (χ3n) is 2.57. The molecule has 0 radical (unpaired) electrons. The molecule has 0 amide bonds. The fourth-order valence-electron chi connectivity index (χ4n) is 1.80. The van der Waals surface area contributed by atoms with E-state index < -0.39 is 0 Å². The van der Waals surface area contributed by atoms with Gasteiger partial charge in [-0.1, -0.05) is 0 Å². The van der Waals surface area contributed by atoms with E-state index in [1.807, 2.05) is 12.1 Å². The Morgan fingerprint density at radius 1 is 1.67 bits per heavy atom. The summed E-state index contributed by atoms with van der Waals surface area (Å²) in [5.41, 5.74) is 1.83. The first-order valence-corrected chi connectivity index (χ1v) is 5.22. The van der Waals surface area contributed by atoms with Gasteiger partial charge in [0.15, 0.2) is 0 Å². The number of ether oxygens (including phenoxy) is 1. The molecule has 4 heteroatoms. The number of pyridine rings is 1. The number of aromatic nitrogens is 1. The molecule has 1 saturated heterocycles. The maximum absolute atomic E-state index is 9.01. The summed E-state index contributed by atoms with van der Waals surface area (Å²) < 4.78 is 5.48. The summed E-state index contributed by atoms with van der Waals surface area (Å²) in [6.07, 6.45) is 2.01. The van der Waals surface area contributed by atoms with Crippen LogP contribution in [0.1, 0.15) is 12.6 Å². The number of anilines is 1. The van der Waals surface area contributed by atoms with Crippen molar-refractivity contribution in [3.63, 3.8) is 0 Å². The van der Waals surface area contributed by atoms with Gasteiger partial charge >= 0.3 is 0 Å². The highest BCUT2D eigenvalue weighted by Crippen LogP contribution is 2.17. The second kappa shape index (κ2) is 4.59. The molecule has 0 spiro atoms. The summed E-state index contributed by atoms with van der Waals surface area (Å²) in [5.74, 6) is 0. The van der Waals surface area contributed by atoms with Crippen molar-refractivity contribution >= 4 is 5.69 Å². The van der Waals surface area contributed by atoms with Crippen LogP contribution in [0.5, 0.6) is 0 Å². The van der Waals surface area contributed by atoms with Crippen LogP contribution in [0.3, 0.4) is 0 Å². The smallest absolute Gasteiger partial charge is 0.0853 e. The number of aliphatic hydroxyl groups is 1. The van der Waals surface area contributed by atoms with Gasteiger partial charge in [0.25, 0.3) is 0 Å². The Balaban J connectivity index is 2.13. The normalized spacial score (nSPS) is 21.7. The Kier molecular flexibility index (Phi) is 3.18. The highest BCUT2D eigenvalue weighted by atomic mass is 16.5. The predicted molar refractivity (Wildman–Crippen MR) is 57.8 cm³/mol. The topological polar surface area (TPSA) is 45.6 Å². The van der Waals surface area contributed by atoms with Crippen LogP contribution < -0.4 is 4.90 Å². The van der Waals surface area contributed by atoms with Crippen LogP contribution in [0, 0.1) is 0 Å². The van der Waals surface area contributed by atoms with Crippen LogP contribution in [-0.2, 0) is 11.3 Å². The fraction of sp³-hybridized carbons (Fsp3) is 0.545. The van der Waals surface area contributed by atoms with Gasteiger partial charge in [0.05, 0.1) is 25.0 Å². The molecule has 0 bridgehead atoms. The summed E-state index contributed by atoms with van der Waals surface area (Å²) in [7, 11) is 0. The molecule has 1 aliphatic heterocycles. The minimum absolute atomic E-state index is 0.00622. The Bertz CT molecular complexity index is 330. The van der Waals surface area contributed by atoms with Crippen molar-refractivity contribution in [1.29, 1.82) is 0 Å². The zero-order chi connectivity index (χ0) is 10.7. The van der Waals surface area contributed by atoms with Crippen LogP contribution >= 0.6 is 0 Å². The van der Waals surface area contributed by atoms with Crippen LogP contribution in [-0.4, -0.2) is 35.9 Å². The van der Waals surface area contributed by atoms with E-state index >= 15 is 0 Å². The summed E-state index contributed by atoms with van der Waals surface area (Å²) in [6, 6.07) is 3.90. The Hall–Kier alpha value is -1.13. The van der Waals surface area contributed by atoms with Crippen molar-refractivity contribution < 1.29 is 9.84 Å². The first-order chi connectivity index (χ1) is 7.29. The van der Waals surface area contributed by atoms with E-state index in [1.165, 1.54) is 0 Å². The maximum atomic E-state index is 9.01. The van der Waals surface area contributed by atoms with E-state index in [1.54, 1.807) is 6.20 Å². The average Bonchev–Trinajstić information content (AvgIpc) is 2.29. The SMILES string of the molecule is CC1CN(c2ccnc(CO)c2)CCO1. The quantitative estimate of drug-likeness (QED) is 0.781. The molecule has 15 heavy (non-hydrogen) atoms. The number of hydrogen-bond acceptors (Lipinski definition) is 4. The van der Waals surface area contributed by atoms with E-state index in [4.69, 9.17) is 9.84 Å². The summed E-state index contributed by atoms with van der Waals surface area (Å²) in [6.45, 7) is 4.63. The highest BCUT2D eigenvalue weighted by molar-refractivity contribution is 5.46. The van der Waals surface area contributed by atoms with Crippen molar-refractivity contribution in [2.75, 3.05) is 24.6 Å². The van der Waals surface area contributed by atoms with Gasteiger partial charge in [-0.2, -0.15) is 0 Å². The lowest BCUT2D eigenvalue weighted by molar-refractivity contribution is 0.0532. The van der Waals surface area contributed by atoms with Crippen molar-refractivity contribution in [3.8, 4) is 0 Å². The van der Waals surface area contributed by atoms with Gasteiger partial charge in [0.1, 0.15) is 0 Å². The van der Waals surface area contributed by atoms with Gasteiger partial charge in [0, 0.05) is 25.0 Å². The molecular weight excluding hydrogens is 192 g/mol. The largest absolute Gasteiger partial charge is 0.390 e. The number of aliphatic hydroxyl groups excluding tert-OH is 1. The molecule has 0 saturated carbocycles. The zero-order valence-corrected chi connectivity index (χ0v) is 8.89. The van der Waals surface area contributed by atoms with Crippen molar-refractivity contribution in [1.82, 2.24) is 4.98 Å². The van der Waals surface area contributed by atoms with Crippen LogP contribution in [0.15, 0.2) is 18.3 Å². The highest BCUT2D eigenvalue weighted by Gasteiger charge is 2.16. The minimum atomic E-state index is -0.00622. The monoisotopic (exact) mass is 208 g/mol. The van der Waals surface area contributed by atoms with Crippen LogP contribution in [0.4, 0.5) is 5.69 Å². The molecule has 1 N–H and O–H groups in total. The molecule has 4 nitrogen and oxygen atoms in total. The third kappa shape index (κ3) is 2.46. The fourth-order valence-corrected chi connectivity index (χ4v) is 1.80. The maximum Gasteiger partial charge on any atom is 0.0853 e. The first kappa shape index (κ1) is 10.4. The third-order valence-corrected chi connectivity index (χ3v) is 2.57. The lowest BCUT2D eigenvalue weighted by Crippen LogP contribution is -2.41. The van der Waals surface area contributed by atoms with E-state index in [2.05, 4.69) is 16.8 Å². The predicted octanol–water partition coefficient (Wildman–Crippen LogP) is 0.799. The zero-order valence-electron chi connectivity index (χ0n) is 8.89. The Labute approximate surface area is 89.5 Å². The van der Waals surface area contributed by atoms with Gasteiger partial charge in [-0.25, -0.2) is 0 Å². The molecule has 1 unspecified atom stereocenters. The summed E-state index contributed by atoms with van der Waals surface area (Å²) in [5, 5.41) is 9.01. The molecule has 1 atom stereocenters. The van der Waals surface area contributed by atoms with Crippen molar-refractivity contribution in [2.24, 2.45) is 0 Å². The van der Waals surface area contributed by atoms with Gasteiger partial charge < -0.3 is 14.7 Å². The van der Waals surface area contributed by atoms with E-state index in [0.29, 0.717) is 5.69 Å². The molecule has 2 heterocycles. The second-order valence-corrected chi connectivity index (χ2v) is 3.79. The molecule has 0 aromatic carbocycles. The van der Waals surface area contributed by atoms with Gasteiger partial charge in [-0.15, -0.1) is 0 Å². The number of morpholine rings is 1. The van der Waals surface area contributed by atoms with Crippen molar-refractivity contribution in [3.05, 3.63) is 24.0 Å². The standard InChI is InChI=1S/C11H16N2O2/c1-9-7-13(4-5-15-9)11-2-3-12-10(6-11)8-14/h2-3,6,9,14H,4-5,7-8H2,1H3. The lowest BCUT2D eigenvalue weighted by Gasteiger charge is -2.32. The van der Waals surface area contributed by atoms with E-state index in [9.17, 15) is 0 Å². The van der Waals surface area contributed by atoms with Crippen LogP contribution in [0.25, 0.3) is 0 Å². The van der Waals surface area contributed by atoms with Crippen LogP contribution in [0.2, 0.25) is 0 Å². The molecular formula is C11H16N2O2. The summed E-state index contributed by atoms with van der Waals surface area (Å²) in [4.78, 5) is 6.32. The number of hydrogen-bond donors (Lipinski definition) is 1. The molecule has 1 aromatic rings. The molecule has 1 aromatic heterocycles. The van der Waals surface area contributed by atoms with E-state index in [0.717, 1.165) is 25.4 Å². The van der Waals surface area contributed by atoms with E-state index in [-0.39, 0.29) is 12.7 Å². The lowest BCUT2D eigenvalue weighted by atomic mass is 10.2. The number of nitrogens with zero attached hydrogens (tertiary/aromatic N) is 2. The van der Waals surface area contributed by atoms with Crippen molar-refractivity contribution in [2.45, 2.75) is 19.6 Å². The average molecular weight is 208 g/mol. The summed E-state index contributed by atoms with van der Waals surface area (Å²) >= 11 is 0. The number of rotatable bonds is 2. The van der Waals surface area contributed by atoms with Gasteiger partial charge in [0.2, 0.25) is 0 Å². The van der Waals surface area contributed by atoms with Gasteiger partial charge in [-0.3, -0.25) is 4.98 Å². The Morgan fingerprint density at radius 3 is 3.27 bits per heavy atom. The minimum Gasteiger partial charge on any atom is -0.390 e. The molecule has 1 fully saturated rings. The second-order valence-electron chi connectivity index (χ2n) is 3.79. The molecule has 2 rings (SSSR count). The first-order valence-electron chi connectivity index (χ1n) is 5.22. The molecule has 0 aliphatic carbocycles. The van der Waals surface area contributed by atoms with Gasteiger partial charge in [-0.05, 0) is 19.1 Å².